The third-order valence-corrected chi connectivity index (χ3v) is 6.46. The van der Waals surface area contributed by atoms with Gasteiger partial charge < -0.3 is 14.7 Å². The summed E-state index contributed by atoms with van der Waals surface area (Å²) in [5.41, 5.74) is 1.70. The van der Waals surface area contributed by atoms with Gasteiger partial charge in [0.15, 0.2) is 0 Å². The molecule has 0 saturated heterocycles. The molecule has 24 heavy (non-hydrogen) atoms. The molecule has 0 bridgehead atoms. The molecule has 6 nitrogen and oxygen atoms in total. The summed E-state index contributed by atoms with van der Waals surface area (Å²) < 4.78 is 0. The molecule has 0 aromatic carbocycles. The normalized spacial score (nSPS) is 20.8. The van der Waals surface area contributed by atoms with Gasteiger partial charge in [-0.2, -0.15) is 0 Å². The third kappa shape index (κ3) is 2.51. The number of anilines is 1. The van der Waals surface area contributed by atoms with E-state index in [4.69, 9.17) is 0 Å². The monoisotopic (exact) mass is 347 g/mol. The van der Waals surface area contributed by atoms with Gasteiger partial charge in [0.05, 0.1) is 12.1 Å². The minimum absolute atomic E-state index is 0.0788. The Morgan fingerprint density at radius 3 is 2.67 bits per heavy atom. The van der Waals surface area contributed by atoms with E-state index < -0.39 is 0 Å². The zero-order chi connectivity index (χ0) is 17.0. The number of likely N-dealkylation sites (N-methyl/N-ethyl adjacent to an activating group) is 2. The number of fused-ring (bicyclic) bond motifs is 3. The minimum atomic E-state index is -0.0852. The number of thiophene rings is 1. The maximum atomic E-state index is 12.7. The van der Waals surface area contributed by atoms with Gasteiger partial charge in [0.1, 0.15) is 11.5 Å². The first kappa shape index (κ1) is 15.6. The fraction of sp³-hybridized carbons (Fsp3) is 0.588. The quantitative estimate of drug-likeness (QED) is 0.814. The Bertz CT molecular complexity index is 738. The van der Waals surface area contributed by atoms with Crippen molar-refractivity contribution in [3.8, 4) is 0 Å². The highest BCUT2D eigenvalue weighted by Gasteiger charge is 2.36. The standard InChI is InChI=1S/C17H21N3O3S/c1-18-9-14(22)19(2)17-15(16(18)23)11-5-6-20(8-12(11)24-17)13(21)7-10-3-4-10/h10H,3-9H2,1-2H3. The predicted molar refractivity (Wildman–Crippen MR) is 91.2 cm³/mol. The number of nitrogens with zero attached hydrogens (tertiary/aromatic N) is 3. The third-order valence-electron chi connectivity index (χ3n) is 5.16. The molecule has 4 rings (SSSR count). The fourth-order valence-corrected chi connectivity index (χ4v) is 4.77. The van der Waals surface area contributed by atoms with Crippen molar-refractivity contribution in [2.24, 2.45) is 5.92 Å². The van der Waals surface area contributed by atoms with Crippen molar-refractivity contribution in [3.05, 3.63) is 16.0 Å². The van der Waals surface area contributed by atoms with E-state index in [9.17, 15) is 14.4 Å². The smallest absolute Gasteiger partial charge is 0.257 e. The zero-order valence-corrected chi connectivity index (χ0v) is 14.8. The average molecular weight is 347 g/mol. The van der Waals surface area contributed by atoms with Crippen LogP contribution in [0.25, 0.3) is 0 Å². The Labute approximate surface area is 145 Å². The first-order chi connectivity index (χ1) is 11.5. The second kappa shape index (κ2) is 5.58. The highest BCUT2D eigenvalue weighted by atomic mass is 32.1. The van der Waals surface area contributed by atoms with Crippen molar-refractivity contribution < 1.29 is 14.4 Å². The number of carbonyl (C=O) groups is 3. The molecule has 0 N–H and O–H groups in total. The second-order valence-corrected chi connectivity index (χ2v) is 8.09. The van der Waals surface area contributed by atoms with Crippen molar-refractivity contribution in [1.82, 2.24) is 9.80 Å². The maximum absolute atomic E-state index is 12.7. The number of rotatable bonds is 2. The van der Waals surface area contributed by atoms with Gasteiger partial charge in [-0.3, -0.25) is 14.4 Å². The van der Waals surface area contributed by atoms with Gasteiger partial charge in [0, 0.05) is 31.9 Å². The van der Waals surface area contributed by atoms with E-state index in [-0.39, 0.29) is 24.3 Å². The highest BCUT2D eigenvalue weighted by molar-refractivity contribution is 7.17. The summed E-state index contributed by atoms with van der Waals surface area (Å²) in [7, 11) is 3.40. The molecule has 1 fully saturated rings. The van der Waals surface area contributed by atoms with Crippen LogP contribution in [0.15, 0.2) is 0 Å². The molecular weight excluding hydrogens is 326 g/mol. The summed E-state index contributed by atoms with van der Waals surface area (Å²) >= 11 is 1.49. The molecule has 1 aromatic heterocycles. The van der Waals surface area contributed by atoms with Gasteiger partial charge in [-0.15, -0.1) is 11.3 Å². The topological polar surface area (TPSA) is 60.9 Å². The molecule has 3 aliphatic rings. The molecule has 3 amide bonds. The van der Waals surface area contributed by atoms with Crippen LogP contribution in [0.1, 0.15) is 40.1 Å². The summed E-state index contributed by atoms with van der Waals surface area (Å²) in [5.74, 6) is 0.639. The molecule has 1 saturated carbocycles. The molecule has 1 aromatic rings. The Morgan fingerprint density at radius 2 is 1.96 bits per heavy atom. The van der Waals surface area contributed by atoms with Crippen molar-refractivity contribution in [2.45, 2.75) is 32.2 Å². The van der Waals surface area contributed by atoms with Crippen LogP contribution in [0.4, 0.5) is 5.00 Å². The van der Waals surface area contributed by atoms with E-state index in [1.165, 1.54) is 29.1 Å². The molecule has 1 aliphatic carbocycles. The molecule has 128 valence electrons. The second-order valence-electron chi connectivity index (χ2n) is 7.01. The van der Waals surface area contributed by atoms with Crippen LogP contribution in [0.5, 0.6) is 0 Å². The first-order valence-corrected chi connectivity index (χ1v) is 9.21. The molecule has 0 radical (unpaired) electrons. The highest BCUT2D eigenvalue weighted by Crippen LogP contribution is 2.41. The Kier molecular flexibility index (Phi) is 3.63. The lowest BCUT2D eigenvalue weighted by Gasteiger charge is -2.27. The molecule has 3 heterocycles. The van der Waals surface area contributed by atoms with E-state index in [0.29, 0.717) is 37.4 Å². The SMILES string of the molecule is CN1CC(=O)N(C)c2sc3c(c2C1=O)CCN(C(=O)CC1CC1)C3. The van der Waals surface area contributed by atoms with Crippen LogP contribution in [0.3, 0.4) is 0 Å². The van der Waals surface area contributed by atoms with Crippen LogP contribution in [-0.2, 0) is 22.6 Å². The van der Waals surface area contributed by atoms with Crippen LogP contribution < -0.4 is 4.90 Å². The first-order valence-electron chi connectivity index (χ1n) is 8.40. The van der Waals surface area contributed by atoms with Crippen LogP contribution in [-0.4, -0.2) is 54.7 Å². The number of carbonyl (C=O) groups excluding carboxylic acids is 3. The summed E-state index contributed by atoms with van der Waals surface area (Å²) in [4.78, 5) is 43.3. The molecular formula is C17H21N3O3S. The van der Waals surface area contributed by atoms with E-state index in [1.807, 2.05) is 4.90 Å². The molecule has 2 aliphatic heterocycles. The largest absolute Gasteiger partial charge is 0.337 e. The Hall–Kier alpha value is -1.89. The predicted octanol–water partition coefficient (Wildman–Crippen LogP) is 1.48. The summed E-state index contributed by atoms with van der Waals surface area (Å²) in [5, 5.41) is 0.732. The van der Waals surface area contributed by atoms with E-state index in [1.54, 1.807) is 19.0 Å². The molecule has 0 atom stereocenters. The molecule has 7 heteroatoms. The van der Waals surface area contributed by atoms with Crippen LogP contribution in [0.2, 0.25) is 0 Å². The van der Waals surface area contributed by atoms with Gasteiger partial charge in [-0.05, 0) is 30.7 Å². The van der Waals surface area contributed by atoms with Crippen LogP contribution >= 0.6 is 11.3 Å². The summed E-state index contributed by atoms with van der Waals surface area (Å²) in [6.45, 7) is 1.34. The van der Waals surface area contributed by atoms with Crippen molar-refractivity contribution >= 4 is 34.1 Å². The average Bonchev–Trinajstić information content (AvgIpc) is 3.30. The maximum Gasteiger partial charge on any atom is 0.257 e. The van der Waals surface area contributed by atoms with Gasteiger partial charge in [-0.25, -0.2) is 0 Å². The summed E-state index contributed by atoms with van der Waals surface area (Å²) in [6.07, 6.45) is 3.69. The lowest BCUT2D eigenvalue weighted by Crippen LogP contribution is -2.37. The van der Waals surface area contributed by atoms with Gasteiger partial charge in [-0.1, -0.05) is 0 Å². The number of hydrogen-bond donors (Lipinski definition) is 0. The van der Waals surface area contributed by atoms with Crippen LogP contribution in [0, 0.1) is 5.92 Å². The lowest BCUT2D eigenvalue weighted by atomic mass is 10.0. The van der Waals surface area contributed by atoms with E-state index >= 15 is 0 Å². The number of amides is 3. The lowest BCUT2D eigenvalue weighted by molar-refractivity contribution is -0.132. The van der Waals surface area contributed by atoms with Crippen molar-refractivity contribution in [2.75, 3.05) is 32.1 Å². The van der Waals surface area contributed by atoms with Crippen molar-refractivity contribution in [3.63, 3.8) is 0 Å². The number of hydrogen-bond acceptors (Lipinski definition) is 4. The molecule has 0 spiro atoms. The van der Waals surface area contributed by atoms with Gasteiger partial charge in [0.25, 0.3) is 5.91 Å². The Balaban J connectivity index is 1.65. The zero-order valence-electron chi connectivity index (χ0n) is 14.0. The summed E-state index contributed by atoms with van der Waals surface area (Å²) in [6, 6.07) is 0. The van der Waals surface area contributed by atoms with Gasteiger partial charge in [0.2, 0.25) is 11.8 Å². The van der Waals surface area contributed by atoms with E-state index in [0.717, 1.165) is 15.4 Å². The Morgan fingerprint density at radius 1 is 1.21 bits per heavy atom. The van der Waals surface area contributed by atoms with Gasteiger partial charge >= 0.3 is 0 Å². The fourth-order valence-electron chi connectivity index (χ4n) is 3.44. The minimum Gasteiger partial charge on any atom is -0.337 e. The van der Waals surface area contributed by atoms with E-state index in [2.05, 4.69) is 0 Å². The van der Waals surface area contributed by atoms with Crippen molar-refractivity contribution in [1.29, 1.82) is 0 Å². The molecule has 0 unspecified atom stereocenters.